The zero-order valence-corrected chi connectivity index (χ0v) is 13.9. The quantitative estimate of drug-likeness (QED) is 0.624. The Morgan fingerprint density at radius 2 is 2.14 bits per heavy atom. The van der Waals surface area contributed by atoms with Crippen LogP contribution in [-0.4, -0.2) is 24.5 Å². The minimum Gasteiger partial charge on any atom is -0.492 e. The summed E-state index contributed by atoms with van der Waals surface area (Å²) in [4.78, 5) is 12.6. The number of ether oxygens (including phenoxy) is 1. The zero-order chi connectivity index (χ0) is 16.1. The Balaban J connectivity index is 2.02. The summed E-state index contributed by atoms with van der Waals surface area (Å²) in [6.45, 7) is 6.68. The van der Waals surface area contributed by atoms with Crippen LogP contribution in [0.1, 0.15) is 56.8 Å². The molecule has 0 heterocycles. The first-order valence-corrected chi connectivity index (χ1v) is 8.35. The van der Waals surface area contributed by atoms with Gasteiger partial charge in [0.1, 0.15) is 5.75 Å². The summed E-state index contributed by atoms with van der Waals surface area (Å²) >= 11 is 0. The Hall–Kier alpha value is -1.55. The van der Waals surface area contributed by atoms with E-state index in [1.165, 1.54) is 19.3 Å². The fourth-order valence-electron chi connectivity index (χ4n) is 3.20. The third kappa shape index (κ3) is 4.01. The third-order valence-corrected chi connectivity index (χ3v) is 4.56. The molecule has 0 amide bonds. The van der Waals surface area contributed by atoms with Crippen LogP contribution in [0.4, 0.5) is 5.69 Å². The van der Waals surface area contributed by atoms with Gasteiger partial charge in [-0.1, -0.05) is 19.8 Å². The van der Waals surface area contributed by atoms with Crippen LogP contribution in [0.3, 0.4) is 0 Å². The SMILES string of the molecule is CCOc1ccc(C(=O)C(C)NC2CCCCC2C)cc1N. The van der Waals surface area contributed by atoms with Crippen LogP contribution in [0.2, 0.25) is 0 Å². The number of carbonyl (C=O) groups is 1. The van der Waals surface area contributed by atoms with Crippen LogP contribution in [-0.2, 0) is 0 Å². The molecular weight excluding hydrogens is 276 g/mol. The number of ketones is 1. The topological polar surface area (TPSA) is 64.3 Å². The molecule has 0 saturated heterocycles. The molecule has 22 heavy (non-hydrogen) atoms. The zero-order valence-electron chi connectivity index (χ0n) is 13.9. The highest BCUT2D eigenvalue weighted by atomic mass is 16.5. The maximum Gasteiger partial charge on any atom is 0.179 e. The van der Waals surface area contributed by atoms with Gasteiger partial charge in [0.25, 0.3) is 0 Å². The Bertz CT molecular complexity index is 516. The van der Waals surface area contributed by atoms with Crippen LogP contribution in [0.15, 0.2) is 18.2 Å². The number of rotatable bonds is 6. The number of nitrogens with one attached hydrogen (secondary N) is 1. The summed E-state index contributed by atoms with van der Waals surface area (Å²) in [6, 6.07) is 5.54. The van der Waals surface area contributed by atoms with E-state index in [9.17, 15) is 4.79 Å². The van der Waals surface area contributed by atoms with E-state index in [1.54, 1.807) is 18.2 Å². The molecule has 3 unspecified atom stereocenters. The maximum atomic E-state index is 12.6. The number of Topliss-reactive ketones (excluding diaryl/α,β-unsaturated/α-hetero) is 1. The molecule has 0 aromatic heterocycles. The molecule has 1 saturated carbocycles. The molecule has 1 aromatic rings. The normalized spacial score (nSPS) is 23.0. The van der Waals surface area contributed by atoms with Crippen molar-refractivity contribution < 1.29 is 9.53 Å². The second-order valence-corrected chi connectivity index (χ2v) is 6.31. The van der Waals surface area contributed by atoms with Crippen molar-refractivity contribution in [2.75, 3.05) is 12.3 Å². The Morgan fingerprint density at radius 1 is 1.41 bits per heavy atom. The lowest BCUT2D eigenvalue weighted by Gasteiger charge is -2.31. The van der Waals surface area contributed by atoms with Gasteiger partial charge < -0.3 is 15.8 Å². The smallest absolute Gasteiger partial charge is 0.179 e. The van der Waals surface area contributed by atoms with Crippen molar-refractivity contribution in [3.8, 4) is 5.75 Å². The first-order valence-electron chi connectivity index (χ1n) is 8.35. The number of carbonyl (C=O) groups excluding carboxylic acids is 1. The number of anilines is 1. The number of nitrogens with two attached hydrogens (primary N) is 1. The average molecular weight is 304 g/mol. The van der Waals surface area contributed by atoms with Gasteiger partial charge in [-0.05, 0) is 50.8 Å². The highest BCUT2D eigenvalue weighted by Gasteiger charge is 2.25. The van der Waals surface area contributed by atoms with E-state index in [1.807, 2.05) is 13.8 Å². The first kappa shape index (κ1) is 16.8. The molecule has 4 heteroatoms. The summed E-state index contributed by atoms with van der Waals surface area (Å²) in [5.41, 5.74) is 7.12. The van der Waals surface area contributed by atoms with Gasteiger partial charge in [-0.3, -0.25) is 4.79 Å². The minimum atomic E-state index is -0.192. The van der Waals surface area contributed by atoms with Crippen LogP contribution in [0.25, 0.3) is 0 Å². The van der Waals surface area contributed by atoms with E-state index >= 15 is 0 Å². The van der Waals surface area contributed by atoms with Crippen LogP contribution < -0.4 is 15.8 Å². The number of hydrogen-bond acceptors (Lipinski definition) is 4. The van der Waals surface area contributed by atoms with Crippen molar-refractivity contribution in [1.29, 1.82) is 0 Å². The van der Waals surface area contributed by atoms with Gasteiger partial charge in [0.05, 0.1) is 18.3 Å². The van der Waals surface area contributed by atoms with Crippen LogP contribution >= 0.6 is 0 Å². The predicted molar refractivity (Wildman–Crippen MR) is 90.4 cm³/mol. The van der Waals surface area contributed by atoms with Crippen molar-refractivity contribution in [1.82, 2.24) is 5.32 Å². The van der Waals surface area contributed by atoms with Crippen LogP contribution in [0.5, 0.6) is 5.75 Å². The van der Waals surface area contributed by atoms with Gasteiger partial charge in [0, 0.05) is 11.6 Å². The van der Waals surface area contributed by atoms with Crippen molar-refractivity contribution in [3.05, 3.63) is 23.8 Å². The summed E-state index contributed by atoms with van der Waals surface area (Å²) in [5, 5.41) is 3.50. The number of nitrogen functional groups attached to an aromatic ring is 1. The monoisotopic (exact) mass is 304 g/mol. The largest absolute Gasteiger partial charge is 0.492 e. The Morgan fingerprint density at radius 3 is 2.77 bits per heavy atom. The number of hydrogen-bond donors (Lipinski definition) is 2. The standard InChI is InChI=1S/C18H28N2O2/c1-4-22-17-10-9-14(11-15(17)19)18(21)13(3)20-16-8-6-5-7-12(16)2/h9-13,16,20H,4-8,19H2,1-3H3. The molecule has 2 rings (SSSR count). The maximum absolute atomic E-state index is 12.6. The lowest BCUT2D eigenvalue weighted by atomic mass is 9.85. The Kier molecular flexibility index (Phi) is 5.83. The van der Waals surface area contributed by atoms with E-state index in [0.717, 1.165) is 6.42 Å². The van der Waals surface area contributed by atoms with Gasteiger partial charge in [-0.15, -0.1) is 0 Å². The van der Waals surface area contributed by atoms with E-state index in [0.29, 0.717) is 35.6 Å². The summed E-state index contributed by atoms with van der Waals surface area (Å²) in [6.07, 6.45) is 4.95. The van der Waals surface area contributed by atoms with E-state index in [-0.39, 0.29) is 11.8 Å². The van der Waals surface area contributed by atoms with E-state index < -0.39 is 0 Å². The van der Waals surface area contributed by atoms with Crippen molar-refractivity contribution in [3.63, 3.8) is 0 Å². The lowest BCUT2D eigenvalue weighted by Crippen LogP contribution is -2.45. The molecule has 1 aliphatic carbocycles. The van der Waals surface area contributed by atoms with Gasteiger partial charge >= 0.3 is 0 Å². The molecule has 0 radical (unpaired) electrons. The predicted octanol–water partition coefficient (Wildman–Crippen LogP) is 3.41. The number of benzene rings is 1. The molecule has 4 nitrogen and oxygen atoms in total. The summed E-state index contributed by atoms with van der Waals surface area (Å²) in [7, 11) is 0. The molecular formula is C18H28N2O2. The molecule has 1 fully saturated rings. The molecule has 0 aliphatic heterocycles. The van der Waals surface area contributed by atoms with Crippen molar-refractivity contribution >= 4 is 11.5 Å². The molecule has 3 N–H and O–H groups in total. The first-order chi connectivity index (χ1) is 10.5. The molecule has 0 bridgehead atoms. The fourth-order valence-corrected chi connectivity index (χ4v) is 3.20. The Labute approximate surface area is 133 Å². The summed E-state index contributed by atoms with van der Waals surface area (Å²) < 4.78 is 5.42. The fraction of sp³-hybridized carbons (Fsp3) is 0.611. The molecule has 1 aromatic carbocycles. The average Bonchev–Trinajstić information content (AvgIpc) is 2.51. The molecule has 3 atom stereocenters. The molecule has 0 spiro atoms. The minimum absolute atomic E-state index is 0.0903. The van der Waals surface area contributed by atoms with E-state index in [4.69, 9.17) is 10.5 Å². The van der Waals surface area contributed by atoms with E-state index in [2.05, 4.69) is 12.2 Å². The van der Waals surface area contributed by atoms with Gasteiger partial charge in [0.15, 0.2) is 5.78 Å². The van der Waals surface area contributed by atoms with Crippen molar-refractivity contribution in [2.45, 2.75) is 58.5 Å². The molecule has 122 valence electrons. The van der Waals surface area contributed by atoms with Gasteiger partial charge in [-0.25, -0.2) is 0 Å². The second-order valence-electron chi connectivity index (χ2n) is 6.31. The van der Waals surface area contributed by atoms with Gasteiger partial charge in [-0.2, -0.15) is 0 Å². The second kappa shape index (κ2) is 7.63. The third-order valence-electron chi connectivity index (χ3n) is 4.56. The highest BCUT2D eigenvalue weighted by Crippen LogP contribution is 2.25. The molecule has 1 aliphatic rings. The van der Waals surface area contributed by atoms with Crippen molar-refractivity contribution in [2.24, 2.45) is 5.92 Å². The van der Waals surface area contributed by atoms with Gasteiger partial charge in [0.2, 0.25) is 0 Å². The summed E-state index contributed by atoms with van der Waals surface area (Å²) in [5.74, 6) is 1.36. The highest BCUT2D eigenvalue weighted by molar-refractivity contribution is 6.00. The lowest BCUT2D eigenvalue weighted by molar-refractivity contribution is 0.0933. The van der Waals surface area contributed by atoms with Crippen LogP contribution in [0, 0.1) is 5.92 Å².